The highest BCUT2D eigenvalue weighted by Crippen LogP contribution is 2.35. The number of hydrogen-bond donors (Lipinski definition) is 0. The van der Waals surface area contributed by atoms with Crippen LogP contribution in [0.1, 0.15) is 41.9 Å². The lowest BCUT2D eigenvalue weighted by Crippen LogP contribution is -2.26. The van der Waals surface area contributed by atoms with E-state index in [0.29, 0.717) is 23.9 Å². The topological polar surface area (TPSA) is 60.1 Å². The first-order valence-corrected chi connectivity index (χ1v) is 11.7. The molecule has 25 heavy (non-hydrogen) atoms. The molecule has 2 aliphatic heterocycles. The van der Waals surface area contributed by atoms with Gasteiger partial charge in [0, 0.05) is 30.4 Å². The third kappa shape index (κ3) is 3.34. The normalized spacial score (nSPS) is 26.4. The Morgan fingerprint density at radius 1 is 1.40 bits per heavy atom. The van der Waals surface area contributed by atoms with Crippen molar-refractivity contribution < 1.29 is 8.42 Å². The molecule has 0 amide bonds. The SMILES string of the molecule is Cn1c([C@@H]2CCS(=O)(=O)C2)nn(CN2CCC[C@@H]2c2cccs2)c1=S. The Morgan fingerprint density at radius 3 is 2.92 bits per heavy atom. The molecule has 2 saturated heterocycles. The van der Waals surface area contributed by atoms with Crippen molar-refractivity contribution in [1.82, 2.24) is 19.2 Å². The van der Waals surface area contributed by atoms with Gasteiger partial charge in [0.1, 0.15) is 5.82 Å². The molecule has 0 N–H and O–H groups in total. The number of sulfone groups is 1. The first-order chi connectivity index (χ1) is 11.9. The van der Waals surface area contributed by atoms with E-state index in [4.69, 9.17) is 17.3 Å². The molecule has 136 valence electrons. The maximum atomic E-state index is 11.8. The molecular weight excluding hydrogens is 376 g/mol. The number of likely N-dealkylation sites (tertiary alicyclic amines) is 1. The van der Waals surface area contributed by atoms with Gasteiger partial charge in [-0.15, -0.1) is 11.3 Å². The van der Waals surface area contributed by atoms with Gasteiger partial charge in [0.2, 0.25) is 0 Å². The Kier molecular flexibility index (Phi) is 4.59. The Bertz CT molecular complexity index is 914. The molecular formula is C16H22N4O2S3. The van der Waals surface area contributed by atoms with Gasteiger partial charge in [-0.05, 0) is 42.9 Å². The molecule has 0 bridgehead atoms. The van der Waals surface area contributed by atoms with E-state index in [9.17, 15) is 8.42 Å². The van der Waals surface area contributed by atoms with Crippen LogP contribution in [0.25, 0.3) is 0 Å². The molecule has 0 saturated carbocycles. The average Bonchev–Trinajstić information content (AvgIpc) is 3.32. The summed E-state index contributed by atoms with van der Waals surface area (Å²) in [6.07, 6.45) is 2.98. The van der Waals surface area contributed by atoms with Gasteiger partial charge >= 0.3 is 0 Å². The van der Waals surface area contributed by atoms with Crippen LogP contribution < -0.4 is 0 Å². The van der Waals surface area contributed by atoms with Crippen molar-refractivity contribution in [3.8, 4) is 0 Å². The van der Waals surface area contributed by atoms with E-state index in [1.165, 1.54) is 11.3 Å². The molecule has 0 aliphatic carbocycles. The lowest BCUT2D eigenvalue weighted by Gasteiger charge is -2.23. The molecule has 2 aromatic heterocycles. The van der Waals surface area contributed by atoms with Gasteiger partial charge in [-0.1, -0.05) is 6.07 Å². The quantitative estimate of drug-likeness (QED) is 0.741. The van der Waals surface area contributed by atoms with Crippen LogP contribution in [-0.4, -0.2) is 45.7 Å². The summed E-state index contributed by atoms with van der Waals surface area (Å²) in [6, 6.07) is 4.72. The maximum Gasteiger partial charge on any atom is 0.198 e. The van der Waals surface area contributed by atoms with Gasteiger partial charge in [-0.2, -0.15) is 5.10 Å². The van der Waals surface area contributed by atoms with E-state index in [1.54, 1.807) is 11.3 Å². The van der Waals surface area contributed by atoms with Crippen molar-refractivity contribution in [2.45, 2.75) is 37.9 Å². The molecule has 0 unspecified atom stereocenters. The third-order valence-electron chi connectivity index (χ3n) is 5.22. The van der Waals surface area contributed by atoms with Crippen molar-refractivity contribution in [3.63, 3.8) is 0 Å². The van der Waals surface area contributed by atoms with Crippen LogP contribution in [0.3, 0.4) is 0 Å². The lowest BCUT2D eigenvalue weighted by atomic mass is 10.1. The number of nitrogens with zero attached hydrogens (tertiary/aromatic N) is 4. The van der Waals surface area contributed by atoms with Crippen LogP contribution in [0.5, 0.6) is 0 Å². The summed E-state index contributed by atoms with van der Waals surface area (Å²) in [4.78, 5) is 3.81. The second-order valence-corrected chi connectivity index (χ2v) is 10.5. The summed E-state index contributed by atoms with van der Waals surface area (Å²) in [5.41, 5.74) is 0. The van der Waals surface area contributed by atoms with E-state index in [-0.39, 0.29) is 17.4 Å². The summed E-state index contributed by atoms with van der Waals surface area (Å²) >= 11 is 7.37. The fourth-order valence-electron chi connectivity index (χ4n) is 3.92. The molecule has 6 nitrogen and oxygen atoms in total. The molecule has 0 aromatic carbocycles. The minimum absolute atomic E-state index is 0.0374. The summed E-state index contributed by atoms with van der Waals surface area (Å²) in [7, 11) is -1.03. The largest absolute Gasteiger partial charge is 0.307 e. The highest BCUT2D eigenvalue weighted by atomic mass is 32.2. The molecule has 2 fully saturated rings. The minimum atomic E-state index is -2.93. The van der Waals surface area contributed by atoms with E-state index in [1.807, 2.05) is 16.3 Å². The Morgan fingerprint density at radius 2 is 2.24 bits per heavy atom. The number of thiophene rings is 1. The van der Waals surface area contributed by atoms with E-state index in [2.05, 4.69) is 22.4 Å². The molecule has 2 atom stereocenters. The predicted molar refractivity (Wildman–Crippen MR) is 101 cm³/mol. The maximum absolute atomic E-state index is 11.8. The highest BCUT2D eigenvalue weighted by molar-refractivity contribution is 7.91. The lowest BCUT2D eigenvalue weighted by molar-refractivity contribution is 0.191. The third-order valence-corrected chi connectivity index (χ3v) is 8.45. The molecule has 0 radical (unpaired) electrons. The van der Waals surface area contributed by atoms with E-state index < -0.39 is 9.84 Å². The summed E-state index contributed by atoms with van der Waals surface area (Å²) < 4.78 is 28.0. The van der Waals surface area contributed by atoms with Crippen molar-refractivity contribution >= 4 is 33.4 Å². The molecule has 4 rings (SSSR count). The zero-order chi connectivity index (χ0) is 17.6. The van der Waals surface area contributed by atoms with Crippen LogP contribution in [0.15, 0.2) is 17.5 Å². The molecule has 2 aliphatic rings. The van der Waals surface area contributed by atoms with Gasteiger partial charge in [-0.25, -0.2) is 13.1 Å². The summed E-state index contributed by atoms with van der Waals surface area (Å²) in [5, 5.41) is 6.83. The number of hydrogen-bond acceptors (Lipinski definition) is 6. The Labute approximate surface area is 157 Å². The van der Waals surface area contributed by atoms with Crippen LogP contribution >= 0.6 is 23.6 Å². The van der Waals surface area contributed by atoms with Crippen molar-refractivity contribution in [2.24, 2.45) is 7.05 Å². The van der Waals surface area contributed by atoms with Gasteiger partial charge in [0.25, 0.3) is 0 Å². The van der Waals surface area contributed by atoms with Crippen molar-refractivity contribution in [2.75, 3.05) is 18.1 Å². The average molecular weight is 399 g/mol. The predicted octanol–water partition coefficient (Wildman–Crippen LogP) is 2.71. The van der Waals surface area contributed by atoms with Crippen molar-refractivity contribution in [1.29, 1.82) is 0 Å². The highest BCUT2D eigenvalue weighted by Gasteiger charge is 2.33. The summed E-state index contributed by atoms with van der Waals surface area (Å²) in [6.45, 7) is 1.70. The zero-order valence-corrected chi connectivity index (χ0v) is 16.6. The summed E-state index contributed by atoms with van der Waals surface area (Å²) in [5.74, 6) is 1.21. The molecule has 9 heteroatoms. The smallest absolute Gasteiger partial charge is 0.198 e. The van der Waals surface area contributed by atoms with Gasteiger partial charge in [-0.3, -0.25) is 4.90 Å². The standard InChI is InChI=1S/C16H22N4O2S3/c1-18-15(12-6-9-25(21,22)10-12)17-20(16(18)23)11-19-7-2-4-13(19)14-5-3-8-24-14/h3,5,8,12-13H,2,4,6-7,9-11H2,1H3/t12-,13-/m1/s1. The second-order valence-electron chi connectivity index (χ2n) is 6.93. The second kappa shape index (κ2) is 6.61. The molecule has 2 aromatic rings. The van der Waals surface area contributed by atoms with E-state index >= 15 is 0 Å². The number of aromatic nitrogens is 3. The van der Waals surface area contributed by atoms with Crippen LogP contribution in [0, 0.1) is 4.77 Å². The van der Waals surface area contributed by atoms with E-state index in [0.717, 1.165) is 18.8 Å². The van der Waals surface area contributed by atoms with Crippen LogP contribution in [0.4, 0.5) is 0 Å². The first kappa shape index (κ1) is 17.4. The van der Waals surface area contributed by atoms with Crippen LogP contribution in [-0.2, 0) is 23.6 Å². The van der Waals surface area contributed by atoms with Crippen molar-refractivity contribution in [3.05, 3.63) is 33.0 Å². The zero-order valence-electron chi connectivity index (χ0n) is 14.2. The Hall–Kier alpha value is -1.03. The van der Waals surface area contributed by atoms with Gasteiger partial charge < -0.3 is 4.57 Å². The minimum Gasteiger partial charge on any atom is -0.307 e. The number of rotatable bonds is 4. The fourth-order valence-corrected chi connectivity index (χ4v) is 6.75. The fraction of sp³-hybridized carbons (Fsp3) is 0.625. The monoisotopic (exact) mass is 398 g/mol. The van der Waals surface area contributed by atoms with Crippen LogP contribution in [0.2, 0.25) is 0 Å². The Balaban J connectivity index is 1.57. The molecule has 0 spiro atoms. The van der Waals surface area contributed by atoms with Gasteiger partial charge in [0.15, 0.2) is 14.6 Å². The first-order valence-electron chi connectivity index (χ1n) is 8.56. The van der Waals surface area contributed by atoms with Gasteiger partial charge in [0.05, 0.1) is 18.2 Å². The molecule has 4 heterocycles.